The highest BCUT2D eigenvalue weighted by Gasteiger charge is 2.24. The Morgan fingerprint density at radius 1 is 1.56 bits per heavy atom. The van der Waals surface area contributed by atoms with Crippen molar-refractivity contribution in [2.24, 2.45) is 5.73 Å². The number of fused-ring (bicyclic) bond motifs is 1. The maximum Gasteiger partial charge on any atom is 0.227 e. The third-order valence-corrected chi connectivity index (χ3v) is 2.51. The lowest BCUT2D eigenvalue weighted by Crippen LogP contribution is -2.32. The molecular formula is C11H12N2O2S. The number of hydrogen-bond acceptors (Lipinski definition) is 3. The summed E-state index contributed by atoms with van der Waals surface area (Å²) >= 11 is 4.68. The molecule has 16 heavy (non-hydrogen) atoms. The Bertz CT molecular complexity index is 434. The zero-order chi connectivity index (χ0) is 11.5. The summed E-state index contributed by atoms with van der Waals surface area (Å²) in [5.74, 6) is 0.654. The molecule has 0 spiro atoms. The molecule has 1 aromatic carbocycles. The van der Waals surface area contributed by atoms with Crippen LogP contribution in [0.3, 0.4) is 0 Å². The van der Waals surface area contributed by atoms with Crippen LogP contribution in [0, 0.1) is 0 Å². The molecule has 1 amide bonds. The Morgan fingerprint density at radius 2 is 2.31 bits per heavy atom. The average Bonchev–Trinajstić information content (AvgIpc) is 2.61. The number of thiocarbonyl (C=S) groups is 1. The first-order valence-corrected chi connectivity index (χ1v) is 5.37. The Hall–Kier alpha value is -1.62. The molecule has 1 aliphatic rings. The number of nitrogens with two attached hydrogens (primary N) is 1. The van der Waals surface area contributed by atoms with Crippen LogP contribution in [-0.2, 0) is 4.79 Å². The summed E-state index contributed by atoms with van der Waals surface area (Å²) < 4.78 is 5.44. The van der Waals surface area contributed by atoms with Gasteiger partial charge in [0.25, 0.3) is 0 Å². The molecule has 1 aromatic rings. The summed E-state index contributed by atoms with van der Waals surface area (Å²) in [6.45, 7) is 0.461. The number of benzene rings is 1. The van der Waals surface area contributed by atoms with Crippen LogP contribution < -0.4 is 15.8 Å². The summed E-state index contributed by atoms with van der Waals surface area (Å²) in [7, 11) is 0. The predicted molar refractivity (Wildman–Crippen MR) is 64.2 cm³/mol. The van der Waals surface area contributed by atoms with Gasteiger partial charge in [0.15, 0.2) is 0 Å². The molecule has 84 valence electrons. The molecule has 0 aromatic heterocycles. The lowest BCUT2D eigenvalue weighted by molar-refractivity contribution is -0.120. The minimum Gasteiger partial charge on any atom is -0.491 e. The lowest BCUT2D eigenvalue weighted by atomic mass is 10.1. The normalized spacial score (nSPS) is 17.4. The topological polar surface area (TPSA) is 64.4 Å². The number of amides is 1. The molecule has 0 saturated carbocycles. The van der Waals surface area contributed by atoms with Crippen molar-refractivity contribution in [2.75, 3.05) is 6.61 Å². The number of rotatable bonds is 3. The Balaban J connectivity index is 2.03. The van der Waals surface area contributed by atoms with E-state index in [9.17, 15) is 4.79 Å². The molecule has 0 aliphatic carbocycles. The van der Waals surface area contributed by atoms with Crippen LogP contribution in [0.5, 0.6) is 5.75 Å². The Labute approximate surface area is 98.8 Å². The average molecular weight is 236 g/mol. The highest BCUT2D eigenvalue weighted by Crippen LogP contribution is 2.31. The second-order valence-corrected chi connectivity index (χ2v) is 4.14. The molecule has 0 saturated heterocycles. The van der Waals surface area contributed by atoms with Crippen LogP contribution in [0.25, 0.3) is 0 Å². The van der Waals surface area contributed by atoms with E-state index in [0.717, 1.165) is 11.3 Å². The predicted octanol–water partition coefficient (Wildman–Crippen LogP) is 0.912. The largest absolute Gasteiger partial charge is 0.491 e. The van der Waals surface area contributed by atoms with Gasteiger partial charge in [-0.15, -0.1) is 0 Å². The van der Waals surface area contributed by atoms with Crippen LogP contribution >= 0.6 is 12.2 Å². The Kier molecular flexibility index (Phi) is 3.05. The monoisotopic (exact) mass is 236 g/mol. The van der Waals surface area contributed by atoms with Crippen molar-refractivity contribution in [3.63, 3.8) is 0 Å². The fraction of sp³-hybridized carbons (Fsp3) is 0.273. The van der Waals surface area contributed by atoms with Crippen molar-refractivity contribution in [1.29, 1.82) is 0 Å². The first-order chi connectivity index (χ1) is 7.66. The number of carbonyl (C=O) groups excluding carboxylic acids is 1. The number of ether oxygens (including phenoxy) is 1. The molecule has 1 unspecified atom stereocenters. The summed E-state index contributed by atoms with van der Waals surface area (Å²) in [5.41, 5.74) is 6.30. The fourth-order valence-corrected chi connectivity index (χ4v) is 1.82. The second kappa shape index (κ2) is 4.49. The van der Waals surface area contributed by atoms with Gasteiger partial charge < -0.3 is 15.8 Å². The molecule has 1 atom stereocenters. The van der Waals surface area contributed by atoms with Crippen LogP contribution in [0.1, 0.15) is 18.0 Å². The summed E-state index contributed by atoms with van der Waals surface area (Å²) in [6.07, 6.45) is 0.0774. The van der Waals surface area contributed by atoms with Gasteiger partial charge in [0, 0.05) is 5.56 Å². The van der Waals surface area contributed by atoms with Crippen molar-refractivity contribution in [3.05, 3.63) is 29.8 Å². The van der Waals surface area contributed by atoms with Gasteiger partial charge in [0.1, 0.15) is 12.4 Å². The van der Waals surface area contributed by atoms with Crippen LogP contribution in [-0.4, -0.2) is 17.5 Å². The van der Waals surface area contributed by atoms with Crippen molar-refractivity contribution >= 4 is 23.1 Å². The maximum atomic E-state index is 11.5. The fourth-order valence-electron chi connectivity index (χ4n) is 1.69. The smallest absolute Gasteiger partial charge is 0.227 e. The zero-order valence-electron chi connectivity index (χ0n) is 8.60. The van der Waals surface area contributed by atoms with E-state index in [1.165, 1.54) is 0 Å². The minimum atomic E-state index is -0.169. The number of nitrogens with one attached hydrogen (secondary N) is 1. The van der Waals surface area contributed by atoms with E-state index in [1.54, 1.807) is 0 Å². The van der Waals surface area contributed by atoms with Gasteiger partial charge >= 0.3 is 0 Å². The first kappa shape index (κ1) is 10.9. The molecule has 4 nitrogen and oxygen atoms in total. The number of hydrogen-bond donors (Lipinski definition) is 2. The minimum absolute atomic E-state index is 0.0774. The van der Waals surface area contributed by atoms with Crippen molar-refractivity contribution in [3.8, 4) is 5.75 Å². The van der Waals surface area contributed by atoms with Gasteiger partial charge in [-0.2, -0.15) is 0 Å². The van der Waals surface area contributed by atoms with Crippen LogP contribution in [0.15, 0.2) is 24.3 Å². The summed E-state index contributed by atoms with van der Waals surface area (Å²) in [4.78, 5) is 11.7. The second-order valence-electron chi connectivity index (χ2n) is 3.61. The van der Waals surface area contributed by atoms with E-state index in [0.29, 0.717) is 6.61 Å². The van der Waals surface area contributed by atoms with Gasteiger partial charge in [-0.3, -0.25) is 4.79 Å². The van der Waals surface area contributed by atoms with Crippen LogP contribution in [0.4, 0.5) is 0 Å². The molecule has 0 bridgehead atoms. The van der Waals surface area contributed by atoms with E-state index in [1.807, 2.05) is 24.3 Å². The highest BCUT2D eigenvalue weighted by atomic mass is 32.1. The van der Waals surface area contributed by atoms with Gasteiger partial charge in [0.05, 0.1) is 17.5 Å². The quantitative estimate of drug-likeness (QED) is 0.766. The van der Waals surface area contributed by atoms with Gasteiger partial charge in [-0.25, -0.2) is 0 Å². The number of para-hydroxylation sites is 1. The third kappa shape index (κ3) is 2.30. The van der Waals surface area contributed by atoms with E-state index in [4.69, 9.17) is 10.5 Å². The van der Waals surface area contributed by atoms with E-state index in [2.05, 4.69) is 17.5 Å². The van der Waals surface area contributed by atoms with Crippen molar-refractivity contribution in [2.45, 2.75) is 12.5 Å². The van der Waals surface area contributed by atoms with Gasteiger partial charge in [-0.05, 0) is 6.07 Å². The molecule has 1 heterocycles. The van der Waals surface area contributed by atoms with E-state index < -0.39 is 0 Å². The summed E-state index contributed by atoms with van der Waals surface area (Å²) in [6, 6.07) is 7.54. The van der Waals surface area contributed by atoms with Crippen LogP contribution in [0.2, 0.25) is 0 Å². The number of carbonyl (C=O) groups is 1. The summed E-state index contributed by atoms with van der Waals surface area (Å²) in [5, 5.41) is 2.83. The first-order valence-electron chi connectivity index (χ1n) is 4.96. The highest BCUT2D eigenvalue weighted by molar-refractivity contribution is 7.80. The standard InChI is InChI=1S/C11H12N2O2S/c12-10(16)5-11(14)13-8-6-15-9-4-2-1-3-7(8)9/h1-4,8H,5-6H2,(H2,12,16)(H,13,14). The van der Waals surface area contributed by atoms with Crippen molar-refractivity contribution < 1.29 is 9.53 Å². The van der Waals surface area contributed by atoms with E-state index in [-0.39, 0.29) is 23.4 Å². The van der Waals surface area contributed by atoms with Crippen molar-refractivity contribution in [1.82, 2.24) is 5.32 Å². The lowest BCUT2D eigenvalue weighted by Gasteiger charge is -2.10. The molecule has 1 aliphatic heterocycles. The molecular weight excluding hydrogens is 224 g/mol. The molecule has 3 N–H and O–H groups in total. The molecule has 5 heteroatoms. The SMILES string of the molecule is NC(=S)CC(=O)NC1COc2ccccc21. The van der Waals surface area contributed by atoms with E-state index >= 15 is 0 Å². The zero-order valence-corrected chi connectivity index (χ0v) is 9.42. The third-order valence-electron chi connectivity index (χ3n) is 2.37. The van der Waals surface area contributed by atoms with Gasteiger partial charge in [0.2, 0.25) is 5.91 Å². The van der Waals surface area contributed by atoms with Gasteiger partial charge in [-0.1, -0.05) is 30.4 Å². The molecule has 0 fully saturated rings. The molecule has 0 radical (unpaired) electrons. The maximum absolute atomic E-state index is 11.5. The molecule has 2 rings (SSSR count). The Morgan fingerprint density at radius 3 is 3.06 bits per heavy atom.